The standard InChI is InChI=1S/C20H25N3OS/c1-14(2)15-6-8-16(9-7-15)17-12-25-20-18(17)19(22-13-23-20)21-10-4-3-5-11-24/h6-9,12-14,24H,3-5,10-11H2,1-2H3,(H,21,22,23). The van der Waals surface area contributed by atoms with Gasteiger partial charge >= 0.3 is 0 Å². The zero-order valence-electron chi connectivity index (χ0n) is 14.8. The molecule has 0 saturated carbocycles. The largest absolute Gasteiger partial charge is 0.396 e. The summed E-state index contributed by atoms with van der Waals surface area (Å²) in [5.74, 6) is 1.44. The number of hydrogen-bond donors (Lipinski definition) is 2. The monoisotopic (exact) mass is 355 g/mol. The molecule has 4 nitrogen and oxygen atoms in total. The van der Waals surface area contributed by atoms with E-state index in [2.05, 4.69) is 58.8 Å². The van der Waals surface area contributed by atoms with Gasteiger partial charge in [-0.05, 0) is 36.3 Å². The minimum atomic E-state index is 0.263. The molecule has 0 radical (unpaired) electrons. The van der Waals surface area contributed by atoms with Crippen LogP contribution in [0, 0.1) is 0 Å². The average molecular weight is 356 g/mol. The van der Waals surface area contributed by atoms with Gasteiger partial charge in [0.25, 0.3) is 0 Å². The smallest absolute Gasteiger partial charge is 0.138 e. The molecule has 3 aromatic rings. The number of fused-ring (bicyclic) bond motifs is 1. The van der Waals surface area contributed by atoms with Crippen LogP contribution >= 0.6 is 11.3 Å². The topological polar surface area (TPSA) is 58.0 Å². The highest BCUT2D eigenvalue weighted by atomic mass is 32.1. The van der Waals surface area contributed by atoms with Gasteiger partial charge in [-0.15, -0.1) is 11.3 Å². The normalized spacial score (nSPS) is 11.4. The number of anilines is 1. The summed E-state index contributed by atoms with van der Waals surface area (Å²) in [5, 5.41) is 15.6. The van der Waals surface area contributed by atoms with Gasteiger partial charge in [0.1, 0.15) is 17.0 Å². The molecule has 2 N–H and O–H groups in total. The summed E-state index contributed by atoms with van der Waals surface area (Å²) in [6.45, 7) is 5.54. The van der Waals surface area contributed by atoms with Gasteiger partial charge < -0.3 is 10.4 Å². The number of aromatic nitrogens is 2. The number of benzene rings is 1. The van der Waals surface area contributed by atoms with E-state index in [1.807, 2.05) is 0 Å². The van der Waals surface area contributed by atoms with Crippen LogP contribution < -0.4 is 5.32 Å². The lowest BCUT2D eigenvalue weighted by molar-refractivity contribution is 0.283. The zero-order valence-corrected chi connectivity index (χ0v) is 15.6. The molecule has 0 bridgehead atoms. The minimum Gasteiger partial charge on any atom is -0.396 e. The summed E-state index contributed by atoms with van der Waals surface area (Å²) in [4.78, 5) is 9.90. The summed E-state index contributed by atoms with van der Waals surface area (Å²) < 4.78 is 0. The van der Waals surface area contributed by atoms with Crippen molar-refractivity contribution in [2.75, 3.05) is 18.5 Å². The summed E-state index contributed by atoms with van der Waals surface area (Å²) in [6.07, 6.45) is 4.52. The Kier molecular flexibility index (Phi) is 6.00. The zero-order chi connectivity index (χ0) is 17.6. The molecule has 0 aliphatic rings. The Labute approximate surface area is 153 Å². The Morgan fingerprint density at radius 3 is 2.60 bits per heavy atom. The van der Waals surface area contributed by atoms with Crippen LogP contribution in [0.2, 0.25) is 0 Å². The van der Waals surface area contributed by atoms with Gasteiger partial charge in [-0.1, -0.05) is 38.1 Å². The summed E-state index contributed by atoms with van der Waals surface area (Å²) in [7, 11) is 0. The van der Waals surface area contributed by atoms with Gasteiger partial charge in [-0.25, -0.2) is 9.97 Å². The number of thiophene rings is 1. The second-order valence-corrected chi connectivity index (χ2v) is 7.40. The van der Waals surface area contributed by atoms with Crippen LogP contribution in [0.4, 0.5) is 5.82 Å². The molecule has 0 amide bonds. The first-order valence-corrected chi connectivity index (χ1v) is 9.76. The Morgan fingerprint density at radius 2 is 1.88 bits per heavy atom. The van der Waals surface area contributed by atoms with E-state index in [0.29, 0.717) is 5.92 Å². The van der Waals surface area contributed by atoms with Crippen LogP contribution in [0.3, 0.4) is 0 Å². The molecule has 1 aromatic carbocycles. The molecule has 0 spiro atoms. The lowest BCUT2D eigenvalue weighted by atomic mass is 9.99. The lowest BCUT2D eigenvalue weighted by Crippen LogP contribution is -2.04. The third-order valence-electron chi connectivity index (χ3n) is 4.39. The fourth-order valence-corrected chi connectivity index (χ4v) is 3.81. The van der Waals surface area contributed by atoms with Gasteiger partial charge in [-0.3, -0.25) is 0 Å². The van der Waals surface area contributed by atoms with Crippen molar-refractivity contribution in [2.24, 2.45) is 0 Å². The van der Waals surface area contributed by atoms with Crippen molar-refractivity contribution in [1.29, 1.82) is 0 Å². The predicted octanol–water partition coefficient (Wildman–Crippen LogP) is 5.06. The number of aliphatic hydroxyl groups excluding tert-OH is 1. The summed E-state index contributed by atoms with van der Waals surface area (Å²) >= 11 is 1.66. The van der Waals surface area contributed by atoms with Crippen LogP contribution in [-0.2, 0) is 0 Å². The number of rotatable bonds is 8. The van der Waals surface area contributed by atoms with Gasteiger partial charge in [0, 0.05) is 24.1 Å². The number of aliphatic hydroxyl groups is 1. The van der Waals surface area contributed by atoms with Crippen LogP contribution in [-0.4, -0.2) is 28.2 Å². The molecular formula is C20H25N3OS. The molecule has 2 aromatic heterocycles. The Balaban J connectivity index is 1.86. The molecule has 0 unspecified atom stereocenters. The number of hydrogen-bond acceptors (Lipinski definition) is 5. The molecule has 25 heavy (non-hydrogen) atoms. The van der Waals surface area contributed by atoms with Gasteiger partial charge in [0.2, 0.25) is 0 Å². The molecule has 0 saturated heterocycles. The van der Waals surface area contributed by atoms with E-state index in [1.165, 1.54) is 16.7 Å². The van der Waals surface area contributed by atoms with Crippen molar-refractivity contribution < 1.29 is 5.11 Å². The lowest BCUT2D eigenvalue weighted by Gasteiger charge is -2.09. The van der Waals surface area contributed by atoms with E-state index in [-0.39, 0.29) is 6.61 Å². The first kappa shape index (κ1) is 17.8. The fourth-order valence-electron chi connectivity index (χ4n) is 2.89. The third-order valence-corrected chi connectivity index (χ3v) is 5.27. The first-order valence-electron chi connectivity index (χ1n) is 8.88. The maximum atomic E-state index is 8.87. The molecule has 0 aliphatic heterocycles. The van der Waals surface area contributed by atoms with Crippen molar-refractivity contribution in [3.8, 4) is 11.1 Å². The number of nitrogens with zero attached hydrogens (tertiary/aromatic N) is 2. The van der Waals surface area contributed by atoms with Crippen molar-refractivity contribution in [1.82, 2.24) is 9.97 Å². The molecule has 5 heteroatoms. The van der Waals surface area contributed by atoms with Crippen LogP contribution in [0.25, 0.3) is 21.3 Å². The highest BCUT2D eigenvalue weighted by Crippen LogP contribution is 2.36. The van der Waals surface area contributed by atoms with Gasteiger partial charge in [0.05, 0.1) is 5.39 Å². The van der Waals surface area contributed by atoms with Crippen LogP contribution in [0.15, 0.2) is 36.0 Å². The molecule has 2 heterocycles. The maximum Gasteiger partial charge on any atom is 0.138 e. The first-order chi connectivity index (χ1) is 12.2. The minimum absolute atomic E-state index is 0.263. The molecule has 132 valence electrons. The molecule has 3 rings (SSSR count). The fraction of sp³-hybridized carbons (Fsp3) is 0.400. The van der Waals surface area contributed by atoms with E-state index in [1.54, 1.807) is 17.7 Å². The molecule has 0 fully saturated rings. The van der Waals surface area contributed by atoms with Gasteiger partial charge in [0.15, 0.2) is 0 Å². The molecular weight excluding hydrogens is 330 g/mol. The van der Waals surface area contributed by atoms with Crippen LogP contribution in [0.5, 0.6) is 0 Å². The highest BCUT2D eigenvalue weighted by Gasteiger charge is 2.13. The Hall–Kier alpha value is -1.98. The Bertz CT molecular complexity index is 811. The summed E-state index contributed by atoms with van der Waals surface area (Å²) in [6, 6.07) is 8.79. The molecule has 0 atom stereocenters. The van der Waals surface area contributed by atoms with Crippen molar-refractivity contribution >= 4 is 27.4 Å². The van der Waals surface area contributed by atoms with E-state index >= 15 is 0 Å². The average Bonchev–Trinajstić information content (AvgIpc) is 3.06. The van der Waals surface area contributed by atoms with E-state index in [4.69, 9.17) is 5.11 Å². The number of nitrogens with one attached hydrogen (secondary N) is 1. The SMILES string of the molecule is CC(C)c1ccc(-c2csc3ncnc(NCCCCCO)c23)cc1. The van der Waals surface area contributed by atoms with Gasteiger partial charge in [-0.2, -0.15) is 0 Å². The highest BCUT2D eigenvalue weighted by molar-refractivity contribution is 7.17. The van der Waals surface area contributed by atoms with E-state index < -0.39 is 0 Å². The van der Waals surface area contributed by atoms with Crippen LogP contribution in [0.1, 0.15) is 44.6 Å². The quantitative estimate of drug-likeness (QED) is 0.555. The Morgan fingerprint density at radius 1 is 1.08 bits per heavy atom. The third kappa shape index (κ3) is 4.17. The number of unbranched alkanes of at least 4 members (excludes halogenated alkanes) is 2. The summed E-state index contributed by atoms with van der Waals surface area (Å²) in [5.41, 5.74) is 3.74. The molecule has 0 aliphatic carbocycles. The van der Waals surface area contributed by atoms with Crippen molar-refractivity contribution in [3.63, 3.8) is 0 Å². The van der Waals surface area contributed by atoms with Crippen molar-refractivity contribution in [2.45, 2.75) is 39.0 Å². The van der Waals surface area contributed by atoms with Crippen molar-refractivity contribution in [3.05, 3.63) is 41.5 Å². The predicted molar refractivity (Wildman–Crippen MR) is 106 cm³/mol. The maximum absolute atomic E-state index is 8.87. The van der Waals surface area contributed by atoms with E-state index in [9.17, 15) is 0 Å². The van der Waals surface area contributed by atoms with E-state index in [0.717, 1.165) is 41.8 Å². The second-order valence-electron chi connectivity index (χ2n) is 6.54. The second kappa shape index (κ2) is 8.41.